The van der Waals surface area contributed by atoms with Crippen molar-refractivity contribution in [3.8, 4) is 0 Å². The number of amides is 1. The zero-order valence-corrected chi connectivity index (χ0v) is 20.3. The van der Waals surface area contributed by atoms with Crippen LogP contribution in [0, 0.1) is 5.41 Å². The van der Waals surface area contributed by atoms with Crippen molar-refractivity contribution >= 4 is 46.9 Å². The molecule has 16 heteroatoms. The van der Waals surface area contributed by atoms with Crippen LogP contribution in [0.5, 0.6) is 0 Å². The van der Waals surface area contributed by atoms with Crippen LogP contribution in [0.4, 0.5) is 40.9 Å². The van der Waals surface area contributed by atoms with Crippen LogP contribution in [0.25, 0.3) is 5.57 Å². The van der Waals surface area contributed by atoms with Crippen LogP contribution < -0.4 is 10.6 Å². The average molecular weight is 576 g/mol. The van der Waals surface area contributed by atoms with Crippen molar-refractivity contribution in [2.24, 2.45) is 7.05 Å². The number of alkyl halides is 8. The molecule has 37 heavy (non-hydrogen) atoms. The molecule has 0 aliphatic heterocycles. The Morgan fingerprint density at radius 1 is 1.22 bits per heavy atom. The standard InChI is InChI=1S/C21H18ClF8N5OS/c1-35-17(15(37-9-19(23,24)25)16(34-35)20(26,27)21(28,29)30)32-8-11(7-31)10-2-5-14(22)13(6-10)18(36)33-12-3-4-12/h2,5-8,12,31-32H,3-4,9H2,1H3,(H,33,36)/b11-8+,31-7?. The van der Waals surface area contributed by atoms with Crippen molar-refractivity contribution in [2.75, 3.05) is 11.1 Å². The number of hydrogen-bond donors (Lipinski definition) is 3. The van der Waals surface area contributed by atoms with Crippen molar-refractivity contribution in [1.82, 2.24) is 15.1 Å². The Morgan fingerprint density at radius 3 is 2.41 bits per heavy atom. The van der Waals surface area contributed by atoms with Gasteiger partial charge in [-0.15, -0.1) is 11.8 Å². The minimum absolute atomic E-state index is 0.00856. The van der Waals surface area contributed by atoms with Crippen LogP contribution in [0.15, 0.2) is 29.3 Å². The second kappa shape index (κ2) is 10.5. The Balaban J connectivity index is 2.00. The first-order chi connectivity index (χ1) is 17.0. The second-order valence-electron chi connectivity index (χ2n) is 7.96. The molecule has 0 unspecified atom stereocenters. The van der Waals surface area contributed by atoms with E-state index in [9.17, 15) is 39.9 Å². The van der Waals surface area contributed by atoms with E-state index in [1.807, 2.05) is 0 Å². The predicted octanol–water partition coefficient (Wildman–Crippen LogP) is 6.38. The number of nitrogens with zero attached hydrogens (tertiary/aromatic N) is 2. The molecular formula is C21H18ClF8N5OS. The van der Waals surface area contributed by atoms with E-state index < -0.39 is 46.3 Å². The highest BCUT2D eigenvalue weighted by molar-refractivity contribution is 7.99. The third-order valence-electron chi connectivity index (χ3n) is 5.01. The van der Waals surface area contributed by atoms with E-state index in [-0.39, 0.29) is 39.5 Å². The Labute approximate surface area is 213 Å². The smallest absolute Gasteiger partial charge is 0.349 e. The predicted molar refractivity (Wildman–Crippen MR) is 122 cm³/mol. The van der Waals surface area contributed by atoms with Crippen molar-refractivity contribution in [3.63, 3.8) is 0 Å². The first kappa shape index (κ1) is 28.8. The third kappa shape index (κ3) is 6.74. The van der Waals surface area contributed by atoms with Gasteiger partial charge in [-0.05, 0) is 30.5 Å². The van der Waals surface area contributed by atoms with Crippen LogP contribution in [0.2, 0.25) is 5.02 Å². The number of allylic oxidation sites excluding steroid dienone is 1. The maximum atomic E-state index is 14.1. The molecular weight excluding hydrogens is 558 g/mol. The molecule has 1 amide bonds. The highest BCUT2D eigenvalue weighted by Crippen LogP contribution is 2.49. The average Bonchev–Trinajstić information content (AvgIpc) is 3.53. The maximum absolute atomic E-state index is 14.1. The highest BCUT2D eigenvalue weighted by atomic mass is 35.5. The zero-order chi connectivity index (χ0) is 27.8. The number of nitrogens with one attached hydrogen (secondary N) is 3. The molecule has 1 fully saturated rings. The maximum Gasteiger partial charge on any atom is 0.459 e. The fraction of sp³-hybridized carbons (Fsp3) is 0.381. The van der Waals surface area contributed by atoms with Gasteiger partial charge >= 0.3 is 18.3 Å². The molecule has 0 saturated heterocycles. The fourth-order valence-corrected chi connectivity index (χ4v) is 4.16. The summed E-state index contributed by atoms with van der Waals surface area (Å²) in [6.07, 6.45) is -7.57. The monoisotopic (exact) mass is 575 g/mol. The van der Waals surface area contributed by atoms with Crippen molar-refractivity contribution in [3.05, 3.63) is 46.2 Å². The summed E-state index contributed by atoms with van der Waals surface area (Å²) < 4.78 is 106. The van der Waals surface area contributed by atoms with Gasteiger partial charge < -0.3 is 16.0 Å². The summed E-state index contributed by atoms with van der Waals surface area (Å²) in [7, 11) is 0.969. The Bertz CT molecular complexity index is 1220. The molecule has 1 heterocycles. The van der Waals surface area contributed by atoms with E-state index >= 15 is 0 Å². The number of hydrogen-bond acceptors (Lipinski definition) is 5. The minimum Gasteiger partial charge on any atom is -0.349 e. The van der Waals surface area contributed by atoms with Gasteiger partial charge in [0.15, 0.2) is 5.69 Å². The van der Waals surface area contributed by atoms with E-state index in [0.717, 1.165) is 32.3 Å². The summed E-state index contributed by atoms with van der Waals surface area (Å²) in [5, 5.41) is 16.0. The number of aryl methyl sites for hydroxylation is 1. The summed E-state index contributed by atoms with van der Waals surface area (Å²) >= 11 is 5.80. The highest BCUT2D eigenvalue weighted by Gasteiger charge is 2.62. The van der Waals surface area contributed by atoms with E-state index in [0.29, 0.717) is 4.68 Å². The van der Waals surface area contributed by atoms with E-state index in [1.165, 1.54) is 18.2 Å². The van der Waals surface area contributed by atoms with Crippen LogP contribution in [-0.2, 0) is 13.0 Å². The summed E-state index contributed by atoms with van der Waals surface area (Å²) in [6.45, 7) is 0. The van der Waals surface area contributed by atoms with Crippen molar-refractivity contribution < 1.29 is 39.9 Å². The minimum atomic E-state index is -6.11. The lowest BCUT2D eigenvalue weighted by Gasteiger charge is -2.19. The van der Waals surface area contributed by atoms with Crippen molar-refractivity contribution in [1.29, 1.82) is 5.41 Å². The Morgan fingerprint density at radius 2 is 1.86 bits per heavy atom. The van der Waals surface area contributed by atoms with Crippen LogP contribution in [-0.4, -0.2) is 46.0 Å². The first-order valence-electron chi connectivity index (χ1n) is 10.3. The SMILES string of the molecule is Cn1nc(C(F)(F)C(F)(F)F)c(SCC(F)(F)F)c1N/C=C(\C=N)c1ccc(Cl)c(C(=O)NC2CC2)c1. The number of aromatic nitrogens is 2. The number of benzene rings is 1. The molecule has 1 saturated carbocycles. The van der Waals surface area contributed by atoms with Gasteiger partial charge in [-0.1, -0.05) is 17.7 Å². The molecule has 2 aromatic rings. The van der Waals surface area contributed by atoms with Crippen LogP contribution >= 0.6 is 23.4 Å². The number of rotatable bonds is 9. The van der Waals surface area contributed by atoms with E-state index in [1.54, 1.807) is 0 Å². The fourth-order valence-electron chi connectivity index (χ4n) is 3.02. The Hall–Kier alpha value is -2.81. The summed E-state index contributed by atoms with van der Waals surface area (Å²) in [5.74, 6) is -8.35. The molecule has 202 valence electrons. The van der Waals surface area contributed by atoms with E-state index in [2.05, 4.69) is 15.7 Å². The summed E-state index contributed by atoms with van der Waals surface area (Å²) in [5.41, 5.74) is -1.57. The zero-order valence-electron chi connectivity index (χ0n) is 18.7. The topological polar surface area (TPSA) is 82.8 Å². The number of thioether (sulfide) groups is 1. The molecule has 1 aromatic heterocycles. The van der Waals surface area contributed by atoms with Gasteiger partial charge in [0.25, 0.3) is 5.91 Å². The number of anilines is 1. The molecule has 3 N–H and O–H groups in total. The van der Waals surface area contributed by atoms with Gasteiger partial charge in [0.05, 0.1) is 21.2 Å². The lowest BCUT2D eigenvalue weighted by Crippen LogP contribution is -2.34. The molecule has 1 aliphatic rings. The molecule has 0 spiro atoms. The van der Waals surface area contributed by atoms with E-state index in [4.69, 9.17) is 17.0 Å². The number of halogens is 9. The number of carbonyl (C=O) groups is 1. The summed E-state index contributed by atoms with van der Waals surface area (Å²) in [6, 6.07) is 4.14. The van der Waals surface area contributed by atoms with Crippen molar-refractivity contribution in [2.45, 2.75) is 42.1 Å². The van der Waals surface area contributed by atoms with Gasteiger partial charge in [-0.2, -0.15) is 40.2 Å². The third-order valence-corrected chi connectivity index (χ3v) is 6.49. The van der Waals surface area contributed by atoms with Crippen LogP contribution in [0.1, 0.15) is 34.5 Å². The lowest BCUT2D eigenvalue weighted by atomic mass is 10.0. The molecule has 1 aliphatic carbocycles. The first-order valence-corrected chi connectivity index (χ1v) is 11.7. The van der Waals surface area contributed by atoms with Gasteiger partial charge in [0.2, 0.25) is 0 Å². The van der Waals surface area contributed by atoms with Crippen LogP contribution in [0.3, 0.4) is 0 Å². The number of carbonyl (C=O) groups excluding carboxylic acids is 1. The molecule has 0 bridgehead atoms. The van der Waals surface area contributed by atoms with Gasteiger partial charge in [0.1, 0.15) is 5.82 Å². The molecule has 1 aromatic carbocycles. The molecule has 3 rings (SSSR count). The quantitative estimate of drug-likeness (QED) is 0.184. The normalized spacial score (nSPS) is 15.0. The van der Waals surface area contributed by atoms with Gasteiger partial charge in [0, 0.05) is 31.1 Å². The van der Waals surface area contributed by atoms with Gasteiger partial charge in [-0.3, -0.25) is 9.48 Å². The molecule has 6 nitrogen and oxygen atoms in total. The second-order valence-corrected chi connectivity index (χ2v) is 9.35. The lowest BCUT2D eigenvalue weighted by molar-refractivity contribution is -0.292. The summed E-state index contributed by atoms with van der Waals surface area (Å²) in [4.78, 5) is 11.4. The van der Waals surface area contributed by atoms with Gasteiger partial charge in [-0.25, -0.2) is 0 Å². The molecule has 0 radical (unpaired) electrons. The largest absolute Gasteiger partial charge is 0.459 e. The Kier molecular flexibility index (Phi) is 8.17. The molecule has 0 atom stereocenters.